The molecule has 0 bridgehead atoms. The van der Waals surface area contributed by atoms with Gasteiger partial charge in [-0.3, -0.25) is 0 Å². The topological polar surface area (TPSA) is 59.4 Å². The maximum absolute atomic E-state index is 11.9. The van der Waals surface area contributed by atoms with Crippen molar-refractivity contribution in [1.29, 1.82) is 0 Å². The normalized spacial score (nSPS) is 11.3. The number of aryl methyl sites for hydroxylation is 1. The summed E-state index contributed by atoms with van der Waals surface area (Å²) in [7, 11) is 0. The molecule has 0 saturated carbocycles. The molecule has 1 N–H and O–H groups in total. The van der Waals surface area contributed by atoms with Gasteiger partial charge in [-0.2, -0.15) is 0 Å². The molecular weight excluding hydrogens is 342 g/mol. The number of nitrogens with zero attached hydrogens (tertiary/aromatic N) is 1. The molecule has 0 aromatic carbocycles. The standard InChI is InChI=1S/C8H5F3INO3/c1-3-6(12)4(7(14)15)2-5(13-3)16-8(9,10)11/h2H,1H3,(H,14,15). The van der Waals surface area contributed by atoms with Gasteiger partial charge >= 0.3 is 12.3 Å². The van der Waals surface area contributed by atoms with Gasteiger partial charge in [0.1, 0.15) is 0 Å². The summed E-state index contributed by atoms with van der Waals surface area (Å²) >= 11 is 1.69. The van der Waals surface area contributed by atoms with E-state index >= 15 is 0 Å². The Morgan fingerprint density at radius 2 is 2.12 bits per heavy atom. The summed E-state index contributed by atoms with van der Waals surface area (Å²) in [5.41, 5.74) is -0.105. The van der Waals surface area contributed by atoms with Crippen molar-refractivity contribution in [2.24, 2.45) is 0 Å². The van der Waals surface area contributed by atoms with Gasteiger partial charge < -0.3 is 9.84 Å². The maximum atomic E-state index is 11.9. The van der Waals surface area contributed by atoms with E-state index < -0.39 is 18.2 Å². The molecule has 0 aliphatic rings. The molecule has 1 rings (SSSR count). The molecule has 0 spiro atoms. The van der Waals surface area contributed by atoms with Crippen LogP contribution in [-0.4, -0.2) is 22.4 Å². The van der Waals surface area contributed by atoms with Crippen LogP contribution in [0.3, 0.4) is 0 Å². The lowest BCUT2D eigenvalue weighted by Gasteiger charge is -2.10. The van der Waals surface area contributed by atoms with Crippen molar-refractivity contribution in [2.75, 3.05) is 0 Å². The summed E-state index contributed by atoms with van der Waals surface area (Å²) in [4.78, 5) is 14.2. The highest BCUT2D eigenvalue weighted by atomic mass is 127. The Hall–Kier alpha value is -1.06. The van der Waals surface area contributed by atoms with Gasteiger partial charge in [0, 0.05) is 9.64 Å². The molecule has 4 nitrogen and oxygen atoms in total. The number of halogens is 4. The number of alkyl halides is 3. The predicted octanol–water partition coefficient (Wildman–Crippen LogP) is 2.59. The number of carboxylic acid groups (broad SMARTS) is 1. The van der Waals surface area contributed by atoms with Crippen molar-refractivity contribution in [1.82, 2.24) is 4.98 Å². The van der Waals surface area contributed by atoms with E-state index in [4.69, 9.17) is 5.11 Å². The fraction of sp³-hybridized carbons (Fsp3) is 0.250. The molecule has 0 aliphatic heterocycles. The third-order valence-corrected chi connectivity index (χ3v) is 2.91. The molecule has 0 unspecified atom stereocenters. The summed E-state index contributed by atoms with van der Waals surface area (Å²) in [6, 6.07) is 0.741. The van der Waals surface area contributed by atoms with Crippen LogP contribution in [0.4, 0.5) is 13.2 Å². The van der Waals surface area contributed by atoms with E-state index in [1.807, 2.05) is 0 Å². The summed E-state index contributed by atoms with van der Waals surface area (Å²) in [6.45, 7) is 1.40. The summed E-state index contributed by atoms with van der Waals surface area (Å²) < 4.78 is 39.5. The van der Waals surface area contributed by atoms with Crippen molar-refractivity contribution < 1.29 is 27.8 Å². The summed E-state index contributed by atoms with van der Waals surface area (Å²) in [5, 5.41) is 8.74. The highest BCUT2D eigenvalue weighted by Gasteiger charge is 2.32. The fourth-order valence-corrected chi connectivity index (χ4v) is 1.46. The van der Waals surface area contributed by atoms with Crippen molar-refractivity contribution in [3.8, 4) is 5.88 Å². The number of aromatic carboxylic acids is 1. The van der Waals surface area contributed by atoms with E-state index in [0.29, 0.717) is 0 Å². The summed E-state index contributed by atoms with van der Waals surface area (Å²) in [6.07, 6.45) is -4.89. The van der Waals surface area contributed by atoms with Gasteiger partial charge in [0.15, 0.2) is 0 Å². The molecule has 16 heavy (non-hydrogen) atoms. The van der Waals surface area contributed by atoms with E-state index in [-0.39, 0.29) is 14.8 Å². The first-order valence-electron chi connectivity index (χ1n) is 3.87. The average molecular weight is 347 g/mol. The van der Waals surface area contributed by atoms with E-state index in [1.54, 1.807) is 22.6 Å². The van der Waals surface area contributed by atoms with E-state index in [2.05, 4.69) is 9.72 Å². The van der Waals surface area contributed by atoms with Crippen LogP contribution in [0.1, 0.15) is 16.1 Å². The minimum Gasteiger partial charge on any atom is -0.478 e. The number of aromatic nitrogens is 1. The van der Waals surface area contributed by atoms with Gasteiger partial charge in [0.05, 0.1) is 11.3 Å². The second-order valence-electron chi connectivity index (χ2n) is 2.76. The molecule has 0 fully saturated rings. The maximum Gasteiger partial charge on any atom is 0.574 e. The largest absolute Gasteiger partial charge is 0.574 e. The molecule has 0 aliphatic carbocycles. The van der Waals surface area contributed by atoms with Crippen LogP contribution >= 0.6 is 22.6 Å². The zero-order chi connectivity index (χ0) is 12.5. The fourth-order valence-electron chi connectivity index (χ4n) is 0.955. The number of hydrogen-bond acceptors (Lipinski definition) is 3. The summed E-state index contributed by atoms with van der Waals surface area (Å²) in [5.74, 6) is -2.11. The molecular formula is C8H5F3INO3. The highest BCUT2D eigenvalue weighted by Crippen LogP contribution is 2.25. The van der Waals surface area contributed by atoms with Gasteiger partial charge in [0.25, 0.3) is 0 Å². The third-order valence-electron chi connectivity index (χ3n) is 1.55. The highest BCUT2D eigenvalue weighted by molar-refractivity contribution is 14.1. The first-order valence-corrected chi connectivity index (χ1v) is 4.95. The second-order valence-corrected chi connectivity index (χ2v) is 3.84. The van der Waals surface area contributed by atoms with E-state index in [0.717, 1.165) is 6.07 Å². The van der Waals surface area contributed by atoms with Crippen LogP contribution in [0.5, 0.6) is 5.88 Å². The van der Waals surface area contributed by atoms with Crippen molar-refractivity contribution in [2.45, 2.75) is 13.3 Å². The van der Waals surface area contributed by atoms with Gasteiger partial charge in [0.2, 0.25) is 5.88 Å². The lowest BCUT2D eigenvalue weighted by Crippen LogP contribution is -2.19. The van der Waals surface area contributed by atoms with Crippen LogP contribution in [0.25, 0.3) is 0 Å². The first-order chi connectivity index (χ1) is 7.20. The molecule has 1 heterocycles. The minimum atomic E-state index is -4.89. The average Bonchev–Trinajstić information content (AvgIpc) is 2.07. The van der Waals surface area contributed by atoms with Crippen LogP contribution in [0.2, 0.25) is 0 Å². The SMILES string of the molecule is Cc1nc(OC(F)(F)F)cc(C(=O)O)c1I. The van der Waals surface area contributed by atoms with E-state index in [9.17, 15) is 18.0 Å². The number of ether oxygens (including phenoxy) is 1. The molecule has 88 valence electrons. The number of carboxylic acids is 1. The molecule has 1 aromatic heterocycles. The van der Waals surface area contributed by atoms with Crippen LogP contribution < -0.4 is 4.74 Å². The van der Waals surface area contributed by atoms with Gasteiger partial charge in [-0.15, -0.1) is 13.2 Å². The number of hydrogen-bond donors (Lipinski definition) is 1. The minimum absolute atomic E-state index is 0.166. The Kier molecular flexibility index (Phi) is 3.61. The zero-order valence-corrected chi connectivity index (χ0v) is 9.96. The smallest absolute Gasteiger partial charge is 0.478 e. The van der Waals surface area contributed by atoms with Crippen LogP contribution in [0.15, 0.2) is 6.07 Å². The quantitative estimate of drug-likeness (QED) is 0.836. The number of carbonyl (C=O) groups is 1. The van der Waals surface area contributed by atoms with E-state index in [1.165, 1.54) is 6.92 Å². The first kappa shape index (κ1) is 13.0. The zero-order valence-electron chi connectivity index (χ0n) is 7.80. The molecule has 1 aromatic rings. The van der Waals surface area contributed by atoms with Gasteiger partial charge in [-0.1, -0.05) is 0 Å². The Labute approximate surface area is 102 Å². The molecule has 0 atom stereocenters. The second kappa shape index (κ2) is 4.44. The van der Waals surface area contributed by atoms with Gasteiger partial charge in [-0.05, 0) is 29.5 Å². The molecule has 0 amide bonds. The number of rotatable bonds is 2. The Morgan fingerprint density at radius 3 is 2.56 bits per heavy atom. The monoisotopic (exact) mass is 347 g/mol. The van der Waals surface area contributed by atoms with Crippen molar-refractivity contribution in [3.05, 3.63) is 20.9 Å². The molecule has 8 heteroatoms. The van der Waals surface area contributed by atoms with Crippen molar-refractivity contribution in [3.63, 3.8) is 0 Å². The van der Waals surface area contributed by atoms with Gasteiger partial charge in [-0.25, -0.2) is 9.78 Å². The van der Waals surface area contributed by atoms with Crippen LogP contribution in [0, 0.1) is 10.5 Å². The molecule has 0 saturated heterocycles. The van der Waals surface area contributed by atoms with Crippen molar-refractivity contribution >= 4 is 28.6 Å². The number of pyridine rings is 1. The van der Waals surface area contributed by atoms with Crippen LogP contribution in [-0.2, 0) is 0 Å². The Balaban J connectivity index is 3.19. The molecule has 0 radical (unpaired) electrons. The lowest BCUT2D eigenvalue weighted by molar-refractivity contribution is -0.276. The Morgan fingerprint density at radius 1 is 1.56 bits per heavy atom. The third kappa shape index (κ3) is 3.22. The Bertz CT molecular complexity index is 433. The lowest BCUT2D eigenvalue weighted by atomic mass is 10.2. The predicted molar refractivity (Wildman–Crippen MR) is 55.3 cm³/mol.